The molecule has 0 saturated heterocycles. The minimum absolute atomic E-state index is 0.165. The second-order valence-electron chi connectivity index (χ2n) is 3.94. The molecule has 0 radical (unpaired) electrons. The highest BCUT2D eigenvalue weighted by molar-refractivity contribution is 7.16. The predicted molar refractivity (Wildman–Crippen MR) is 72.5 cm³/mol. The fraction of sp³-hybridized carbons (Fsp3) is 0.273. The Hall–Kier alpha value is -1.80. The molecule has 0 aliphatic carbocycles. The number of fused-ring (bicyclic) bond motifs is 1. The lowest BCUT2D eigenvalue weighted by Crippen LogP contribution is -1.96. The number of rotatable bonds is 5. The summed E-state index contributed by atoms with van der Waals surface area (Å²) in [5, 5.41) is 24.2. The molecule has 98 valence electrons. The van der Waals surface area contributed by atoms with Gasteiger partial charge in [-0.3, -0.25) is 4.79 Å². The van der Waals surface area contributed by atoms with Gasteiger partial charge in [-0.15, -0.1) is 21.5 Å². The molecular formula is C11H10N4O2S2. The van der Waals surface area contributed by atoms with Crippen LogP contribution < -0.4 is 0 Å². The van der Waals surface area contributed by atoms with E-state index < -0.39 is 5.97 Å². The van der Waals surface area contributed by atoms with E-state index in [1.807, 2.05) is 17.5 Å². The average Bonchev–Trinajstić information content (AvgIpc) is 3.01. The van der Waals surface area contributed by atoms with Crippen LogP contribution in [0.15, 0.2) is 17.5 Å². The molecule has 0 spiro atoms. The van der Waals surface area contributed by atoms with Gasteiger partial charge in [-0.05, 0) is 17.9 Å². The number of carbonyl (C=O) groups is 1. The van der Waals surface area contributed by atoms with E-state index in [0.717, 1.165) is 20.7 Å². The normalized spacial score (nSPS) is 11.2. The van der Waals surface area contributed by atoms with Crippen LogP contribution in [0.5, 0.6) is 0 Å². The van der Waals surface area contributed by atoms with E-state index in [1.165, 1.54) is 11.3 Å². The van der Waals surface area contributed by atoms with Crippen molar-refractivity contribution in [2.24, 2.45) is 0 Å². The van der Waals surface area contributed by atoms with E-state index in [2.05, 4.69) is 15.3 Å². The first-order valence-electron chi connectivity index (χ1n) is 5.71. The van der Waals surface area contributed by atoms with Crippen molar-refractivity contribution in [1.82, 2.24) is 19.8 Å². The molecule has 0 amide bonds. The number of aryl methyl sites for hydroxylation is 1. The molecule has 3 rings (SSSR count). The Bertz CT molecular complexity index is 702. The largest absolute Gasteiger partial charge is 0.481 e. The lowest BCUT2D eigenvalue weighted by atomic mass is 10.2. The van der Waals surface area contributed by atoms with Gasteiger partial charge in [0.15, 0.2) is 5.82 Å². The summed E-state index contributed by atoms with van der Waals surface area (Å²) in [5.41, 5.74) is 0. The smallest absolute Gasteiger partial charge is 0.303 e. The first kappa shape index (κ1) is 12.2. The van der Waals surface area contributed by atoms with Crippen molar-refractivity contribution in [3.63, 3.8) is 0 Å². The van der Waals surface area contributed by atoms with Gasteiger partial charge in [-0.1, -0.05) is 17.4 Å². The number of aliphatic carboxylic acids is 1. The second kappa shape index (κ2) is 5.06. The zero-order valence-corrected chi connectivity index (χ0v) is 11.4. The van der Waals surface area contributed by atoms with Gasteiger partial charge in [0.1, 0.15) is 5.01 Å². The van der Waals surface area contributed by atoms with Gasteiger partial charge < -0.3 is 5.11 Å². The number of carboxylic acid groups (broad SMARTS) is 1. The molecule has 0 bridgehead atoms. The summed E-state index contributed by atoms with van der Waals surface area (Å²) in [4.78, 5) is 12.2. The molecule has 3 aromatic heterocycles. The third kappa shape index (κ3) is 2.49. The molecule has 3 heterocycles. The van der Waals surface area contributed by atoms with Crippen molar-refractivity contribution in [2.75, 3.05) is 0 Å². The monoisotopic (exact) mass is 294 g/mol. The number of hydrogen-bond donors (Lipinski definition) is 1. The van der Waals surface area contributed by atoms with E-state index >= 15 is 0 Å². The molecule has 0 saturated carbocycles. The Morgan fingerprint density at radius 3 is 3.05 bits per heavy atom. The zero-order chi connectivity index (χ0) is 13.2. The lowest BCUT2D eigenvalue weighted by molar-refractivity contribution is -0.137. The van der Waals surface area contributed by atoms with E-state index in [0.29, 0.717) is 12.8 Å². The summed E-state index contributed by atoms with van der Waals surface area (Å²) < 4.78 is 1.73. The molecule has 8 heteroatoms. The summed E-state index contributed by atoms with van der Waals surface area (Å²) in [5.74, 6) is -0.0343. The quantitative estimate of drug-likeness (QED) is 0.781. The zero-order valence-electron chi connectivity index (χ0n) is 9.81. The number of aromatic nitrogens is 4. The van der Waals surface area contributed by atoms with Crippen molar-refractivity contribution >= 4 is 33.6 Å². The molecule has 0 unspecified atom stereocenters. The van der Waals surface area contributed by atoms with Crippen LogP contribution in [-0.4, -0.2) is 30.9 Å². The molecule has 19 heavy (non-hydrogen) atoms. The maximum absolute atomic E-state index is 10.5. The molecule has 3 aromatic rings. The van der Waals surface area contributed by atoms with Crippen molar-refractivity contribution in [1.29, 1.82) is 0 Å². The molecule has 0 aromatic carbocycles. The first-order chi connectivity index (χ1) is 9.24. The maximum atomic E-state index is 10.5. The minimum Gasteiger partial charge on any atom is -0.481 e. The Kier molecular flexibility index (Phi) is 3.26. The van der Waals surface area contributed by atoms with E-state index in [-0.39, 0.29) is 6.42 Å². The van der Waals surface area contributed by atoms with Crippen molar-refractivity contribution in [3.05, 3.63) is 22.5 Å². The molecule has 6 nitrogen and oxygen atoms in total. The number of nitrogens with zero attached hydrogens (tertiary/aromatic N) is 4. The lowest BCUT2D eigenvalue weighted by Gasteiger charge is -1.93. The van der Waals surface area contributed by atoms with Crippen LogP contribution in [0.3, 0.4) is 0 Å². The fourth-order valence-corrected chi connectivity index (χ4v) is 3.28. The fourth-order valence-electron chi connectivity index (χ4n) is 1.71. The van der Waals surface area contributed by atoms with Gasteiger partial charge in [0.2, 0.25) is 4.96 Å². The SMILES string of the molecule is O=C(O)CCCc1nn2c(-c3cccs3)nnc2s1. The van der Waals surface area contributed by atoms with Crippen LogP contribution in [0.25, 0.3) is 15.7 Å². The maximum Gasteiger partial charge on any atom is 0.303 e. The Morgan fingerprint density at radius 1 is 1.42 bits per heavy atom. The summed E-state index contributed by atoms with van der Waals surface area (Å²) in [6.07, 6.45) is 1.41. The standard InChI is InChI=1S/C11H10N4O2S2/c16-9(17)5-1-4-8-14-15-10(7-3-2-6-18-7)12-13-11(15)19-8/h2-3,6H,1,4-5H2,(H,16,17). The molecule has 0 aliphatic rings. The Balaban J connectivity index is 1.84. The summed E-state index contributed by atoms with van der Waals surface area (Å²) in [6.45, 7) is 0. The predicted octanol–water partition coefficient (Wildman–Crippen LogP) is 2.32. The second-order valence-corrected chi connectivity index (χ2v) is 5.93. The molecule has 0 fully saturated rings. The highest BCUT2D eigenvalue weighted by Crippen LogP contribution is 2.25. The Labute approximate surface area is 116 Å². The van der Waals surface area contributed by atoms with E-state index in [4.69, 9.17) is 5.11 Å². The summed E-state index contributed by atoms with van der Waals surface area (Å²) in [7, 11) is 0. The van der Waals surface area contributed by atoms with Crippen LogP contribution >= 0.6 is 22.7 Å². The first-order valence-corrected chi connectivity index (χ1v) is 7.40. The van der Waals surface area contributed by atoms with Crippen molar-refractivity contribution < 1.29 is 9.90 Å². The highest BCUT2D eigenvalue weighted by Gasteiger charge is 2.13. The van der Waals surface area contributed by atoms with Crippen LogP contribution in [-0.2, 0) is 11.2 Å². The van der Waals surface area contributed by atoms with E-state index in [9.17, 15) is 4.79 Å². The third-order valence-corrected chi connectivity index (χ3v) is 4.38. The van der Waals surface area contributed by atoms with Gasteiger partial charge in [-0.2, -0.15) is 9.61 Å². The molecule has 0 atom stereocenters. The van der Waals surface area contributed by atoms with E-state index in [1.54, 1.807) is 15.9 Å². The number of hydrogen-bond acceptors (Lipinski definition) is 6. The topological polar surface area (TPSA) is 80.4 Å². The molecule has 1 N–H and O–H groups in total. The van der Waals surface area contributed by atoms with Gasteiger partial charge in [0, 0.05) is 12.8 Å². The van der Waals surface area contributed by atoms with Crippen LogP contribution in [0.4, 0.5) is 0 Å². The molecule has 0 aliphatic heterocycles. The number of thiophene rings is 1. The average molecular weight is 294 g/mol. The minimum atomic E-state index is -0.776. The van der Waals surface area contributed by atoms with Crippen LogP contribution in [0.2, 0.25) is 0 Å². The number of carboxylic acids is 1. The van der Waals surface area contributed by atoms with Crippen molar-refractivity contribution in [3.8, 4) is 10.7 Å². The third-order valence-electron chi connectivity index (χ3n) is 2.56. The summed E-state index contributed by atoms with van der Waals surface area (Å²) >= 11 is 3.05. The van der Waals surface area contributed by atoms with Gasteiger partial charge in [-0.25, -0.2) is 0 Å². The highest BCUT2D eigenvalue weighted by atomic mass is 32.1. The summed E-state index contributed by atoms with van der Waals surface area (Å²) in [6, 6.07) is 3.94. The Morgan fingerprint density at radius 2 is 2.32 bits per heavy atom. The van der Waals surface area contributed by atoms with Gasteiger partial charge in [0.05, 0.1) is 4.88 Å². The van der Waals surface area contributed by atoms with Gasteiger partial charge in [0.25, 0.3) is 0 Å². The molecular weight excluding hydrogens is 284 g/mol. The van der Waals surface area contributed by atoms with Crippen LogP contribution in [0, 0.1) is 0 Å². The van der Waals surface area contributed by atoms with Crippen molar-refractivity contribution in [2.45, 2.75) is 19.3 Å². The van der Waals surface area contributed by atoms with Crippen LogP contribution in [0.1, 0.15) is 17.8 Å². The van der Waals surface area contributed by atoms with Gasteiger partial charge >= 0.3 is 5.97 Å².